The van der Waals surface area contributed by atoms with Crippen molar-refractivity contribution in [3.05, 3.63) is 40.6 Å². The lowest BCUT2D eigenvalue weighted by Gasteiger charge is -2.45. The molecular formula is C33H40O21. The Hall–Kier alpha value is -3.91. The second kappa shape index (κ2) is 15.7. The van der Waals surface area contributed by atoms with Crippen molar-refractivity contribution >= 4 is 11.0 Å². The number of aliphatic hydroxyl groups is 10. The summed E-state index contributed by atoms with van der Waals surface area (Å²) in [6.45, 7) is -0.308. The predicted octanol–water partition coefficient (Wildman–Crippen LogP) is -4.21. The first-order valence-electron chi connectivity index (χ1n) is 16.5. The van der Waals surface area contributed by atoms with Crippen molar-refractivity contribution in [1.82, 2.24) is 0 Å². The summed E-state index contributed by atoms with van der Waals surface area (Å²) >= 11 is 0. The Bertz CT molecular complexity index is 1850. The monoisotopic (exact) mass is 772 g/mol. The summed E-state index contributed by atoms with van der Waals surface area (Å²) in [6.07, 6.45) is -25.8. The molecule has 15 atom stereocenters. The van der Waals surface area contributed by atoms with Crippen LogP contribution in [0, 0.1) is 0 Å². The van der Waals surface area contributed by atoms with Crippen molar-refractivity contribution in [1.29, 1.82) is 0 Å². The number of phenolic OH excluding ortho intramolecular Hbond substituents is 3. The fraction of sp³-hybridized carbons (Fsp3) is 0.545. The van der Waals surface area contributed by atoms with E-state index in [-0.39, 0.29) is 11.3 Å². The molecule has 2 aromatic carbocycles. The first kappa shape index (κ1) is 39.8. The lowest BCUT2D eigenvalue weighted by molar-refractivity contribution is -0.354. The van der Waals surface area contributed by atoms with Crippen LogP contribution in [0.4, 0.5) is 0 Å². The molecule has 3 aliphatic rings. The molecule has 15 unspecified atom stereocenters. The van der Waals surface area contributed by atoms with E-state index < -0.39 is 150 Å². The highest BCUT2D eigenvalue weighted by molar-refractivity contribution is 5.88. The van der Waals surface area contributed by atoms with E-state index in [9.17, 15) is 71.2 Å². The third kappa shape index (κ3) is 7.27. The zero-order valence-electron chi connectivity index (χ0n) is 28.0. The van der Waals surface area contributed by atoms with Crippen LogP contribution in [0.1, 0.15) is 6.92 Å². The third-order valence-electron chi connectivity index (χ3n) is 9.40. The van der Waals surface area contributed by atoms with Crippen molar-refractivity contribution in [3.8, 4) is 40.1 Å². The molecule has 1 aromatic heterocycles. The highest BCUT2D eigenvalue weighted by atomic mass is 16.8. The number of aliphatic hydroxyl groups excluding tert-OH is 10. The summed E-state index contributed by atoms with van der Waals surface area (Å²) in [5, 5.41) is 134. The van der Waals surface area contributed by atoms with Crippen molar-refractivity contribution < 1.29 is 99.2 Å². The number of hydrogen-bond donors (Lipinski definition) is 13. The van der Waals surface area contributed by atoms with Crippen molar-refractivity contribution in [2.24, 2.45) is 0 Å². The van der Waals surface area contributed by atoms with Crippen LogP contribution in [0.2, 0.25) is 0 Å². The van der Waals surface area contributed by atoms with E-state index in [4.69, 9.17) is 32.8 Å². The molecule has 6 rings (SSSR count). The Balaban J connectivity index is 1.43. The number of aromatic hydroxyl groups is 3. The Morgan fingerprint density at radius 3 is 1.89 bits per heavy atom. The van der Waals surface area contributed by atoms with E-state index in [1.54, 1.807) is 0 Å². The number of ether oxygens (including phenoxy) is 6. The molecule has 21 nitrogen and oxygen atoms in total. The summed E-state index contributed by atoms with van der Waals surface area (Å²) in [5.41, 5.74) is -1.69. The molecule has 0 bridgehead atoms. The maximum atomic E-state index is 14.2. The van der Waals surface area contributed by atoms with Gasteiger partial charge in [-0.25, -0.2) is 0 Å². The topological polar surface area (TPSA) is 349 Å². The van der Waals surface area contributed by atoms with Crippen LogP contribution in [0.15, 0.2) is 39.5 Å². The van der Waals surface area contributed by atoms with Crippen molar-refractivity contribution in [3.63, 3.8) is 0 Å². The minimum atomic E-state index is -1.99. The number of benzene rings is 2. The molecular weight excluding hydrogens is 732 g/mol. The molecule has 0 aliphatic carbocycles. The van der Waals surface area contributed by atoms with Crippen LogP contribution in [0.25, 0.3) is 22.3 Å². The second-order valence-corrected chi connectivity index (χ2v) is 13.0. The van der Waals surface area contributed by atoms with Crippen LogP contribution in [0.3, 0.4) is 0 Å². The van der Waals surface area contributed by atoms with Gasteiger partial charge in [-0.1, -0.05) is 0 Å². The first-order chi connectivity index (χ1) is 25.6. The molecule has 54 heavy (non-hydrogen) atoms. The third-order valence-corrected chi connectivity index (χ3v) is 9.40. The molecule has 3 saturated heterocycles. The number of rotatable bonds is 9. The van der Waals surface area contributed by atoms with Gasteiger partial charge < -0.3 is 99.2 Å². The quantitative estimate of drug-likeness (QED) is 0.0917. The van der Waals surface area contributed by atoms with Crippen LogP contribution in [0.5, 0.6) is 28.7 Å². The molecule has 298 valence electrons. The van der Waals surface area contributed by atoms with E-state index >= 15 is 0 Å². The van der Waals surface area contributed by atoms with Gasteiger partial charge in [0, 0.05) is 17.7 Å². The van der Waals surface area contributed by atoms with Crippen LogP contribution in [-0.2, 0) is 18.9 Å². The fourth-order valence-corrected chi connectivity index (χ4v) is 6.28. The standard InChI is InChI=1S/C33H40O21/c1-9-19(39)23(43)26(46)31(48-9)54-30-25(45)21(41)17(8-35)52-33(30)53-29-22(42)18-14(38)5-11(49-32-27(47)24(44)20(40)16(7-34)51-32)6-15(18)50-28(29)10-2-3-12(36)13(37)4-10/h2-6,9,16-17,19-21,23-27,30-41,43-47H,7-8H2,1H3. The summed E-state index contributed by atoms with van der Waals surface area (Å²) in [7, 11) is 0. The molecule has 3 fully saturated rings. The van der Waals surface area contributed by atoms with Crippen LogP contribution < -0.4 is 14.9 Å². The van der Waals surface area contributed by atoms with Crippen molar-refractivity contribution in [2.45, 2.75) is 99.0 Å². The minimum absolute atomic E-state index is 0.136. The Morgan fingerprint density at radius 1 is 0.630 bits per heavy atom. The lowest BCUT2D eigenvalue weighted by atomic mass is 9.97. The van der Waals surface area contributed by atoms with E-state index in [0.29, 0.717) is 0 Å². The lowest BCUT2D eigenvalue weighted by Crippen LogP contribution is -2.64. The summed E-state index contributed by atoms with van der Waals surface area (Å²) in [5.74, 6) is -3.70. The molecule has 3 aromatic rings. The van der Waals surface area contributed by atoms with Gasteiger partial charge in [0.25, 0.3) is 0 Å². The second-order valence-electron chi connectivity index (χ2n) is 13.0. The Labute approximate surface area is 303 Å². The van der Waals surface area contributed by atoms with E-state index in [0.717, 1.165) is 24.3 Å². The molecule has 0 spiro atoms. The highest BCUT2D eigenvalue weighted by Crippen LogP contribution is 2.41. The van der Waals surface area contributed by atoms with Gasteiger partial charge in [-0.15, -0.1) is 0 Å². The van der Waals surface area contributed by atoms with Crippen molar-refractivity contribution in [2.75, 3.05) is 13.2 Å². The first-order valence-corrected chi connectivity index (χ1v) is 16.5. The molecule has 3 aliphatic heterocycles. The van der Waals surface area contributed by atoms with E-state index in [1.807, 2.05) is 0 Å². The van der Waals surface area contributed by atoms with E-state index in [1.165, 1.54) is 13.0 Å². The van der Waals surface area contributed by atoms with Gasteiger partial charge >= 0.3 is 0 Å². The summed E-state index contributed by atoms with van der Waals surface area (Å²) < 4.78 is 39.7. The maximum Gasteiger partial charge on any atom is 0.239 e. The SMILES string of the molecule is CC1OC(OC2C(Oc3c(-c4ccc(O)c(O)c4)oc4cc(OC5OC(CO)C(O)C(O)C5O)cc(O)c4c3=O)OC(CO)C(O)C2O)C(O)C(O)C1O. The average Bonchev–Trinajstić information content (AvgIpc) is 3.14. The molecule has 0 saturated carbocycles. The van der Waals surface area contributed by atoms with Gasteiger partial charge in [-0.3, -0.25) is 4.79 Å². The van der Waals surface area contributed by atoms with Crippen LogP contribution in [-0.4, -0.2) is 172 Å². The zero-order chi connectivity index (χ0) is 39.3. The molecule has 4 heterocycles. The molecule has 0 amide bonds. The molecule has 21 heteroatoms. The van der Waals surface area contributed by atoms with Gasteiger partial charge in [0.2, 0.25) is 23.8 Å². The van der Waals surface area contributed by atoms with Gasteiger partial charge in [0.15, 0.2) is 29.7 Å². The summed E-state index contributed by atoms with van der Waals surface area (Å²) in [4.78, 5) is 14.2. The minimum Gasteiger partial charge on any atom is -0.507 e. The zero-order valence-corrected chi connectivity index (χ0v) is 28.0. The predicted molar refractivity (Wildman–Crippen MR) is 173 cm³/mol. The smallest absolute Gasteiger partial charge is 0.239 e. The Morgan fingerprint density at radius 2 is 1.24 bits per heavy atom. The normalized spacial score (nSPS) is 37.3. The van der Waals surface area contributed by atoms with Gasteiger partial charge in [0.05, 0.1) is 19.3 Å². The average molecular weight is 773 g/mol. The largest absolute Gasteiger partial charge is 0.507 e. The highest BCUT2D eigenvalue weighted by Gasteiger charge is 2.51. The van der Waals surface area contributed by atoms with Gasteiger partial charge in [-0.05, 0) is 25.1 Å². The maximum absolute atomic E-state index is 14.2. The fourth-order valence-electron chi connectivity index (χ4n) is 6.28. The molecule has 13 N–H and O–H groups in total. The van der Waals surface area contributed by atoms with Crippen LogP contribution >= 0.6 is 0 Å². The molecule has 0 radical (unpaired) electrons. The van der Waals surface area contributed by atoms with Gasteiger partial charge in [0.1, 0.15) is 83.5 Å². The number of fused-ring (bicyclic) bond motifs is 1. The Kier molecular flexibility index (Phi) is 11.5. The summed E-state index contributed by atoms with van der Waals surface area (Å²) in [6, 6.07) is 5.13. The van der Waals surface area contributed by atoms with E-state index in [2.05, 4.69) is 0 Å². The number of phenols is 3. The number of hydrogen-bond acceptors (Lipinski definition) is 21. The van der Waals surface area contributed by atoms with Gasteiger partial charge in [-0.2, -0.15) is 0 Å².